The average molecular weight is 283 g/mol. The number of aryl methyl sites for hydroxylation is 1. The minimum Gasteiger partial charge on any atom is -0.307 e. The minimum absolute atomic E-state index is 0.151. The van der Waals surface area contributed by atoms with Crippen LogP contribution in [0.5, 0.6) is 0 Å². The van der Waals surface area contributed by atoms with Crippen molar-refractivity contribution >= 4 is 0 Å². The monoisotopic (exact) mass is 283 g/mol. The predicted molar refractivity (Wildman–Crippen MR) is 84.8 cm³/mol. The van der Waals surface area contributed by atoms with Crippen molar-refractivity contribution in [2.24, 2.45) is 0 Å². The van der Waals surface area contributed by atoms with Crippen LogP contribution >= 0.6 is 0 Å². The van der Waals surface area contributed by atoms with Crippen molar-refractivity contribution in [2.75, 3.05) is 0 Å². The first-order chi connectivity index (χ1) is 10.3. The second-order valence-electron chi connectivity index (χ2n) is 5.89. The van der Waals surface area contributed by atoms with Gasteiger partial charge in [0.1, 0.15) is 5.82 Å². The Labute approximate surface area is 126 Å². The maximum absolute atomic E-state index is 13.4. The van der Waals surface area contributed by atoms with Crippen LogP contribution in [-0.4, -0.2) is 6.04 Å². The highest BCUT2D eigenvalue weighted by Gasteiger charge is 2.21. The van der Waals surface area contributed by atoms with Crippen LogP contribution < -0.4 is 5.32 Å². The number of rotatable bonds is 4. The SMILES string of the molecule is CCC(NC1CCc2ccccc2C1)c1cccc(F)c1. The molecule has 2 aromatic carbocycles. The fourth-order valence-corrected chi connectivity index (χ4v) is 3.30. The van der Waals surface area contributed by atoms with Crippen molar-refractivity contribution in [1.82, 2.24) is 5.32 Å². The van der Waals surface area contributed by atoms with E-state index in [-0.39, 0.29) is 11.9 Å². The van der Waals surface area contributed by atoms with Crippen LogP contribution in [-0.2, 0) is 12.8 Å². The lowest BCUT2D eigenvalue weighted by atomic mass is 9.87. The fraction of sp³-hybridized carbons (Fsp3) is 0.368. The summed E-state index contributed by atoms with van der Waals surface area (Å²) in [6.45, 7) is 2.15. The van der Waals surface area contributed by atoms with Gasteiger partial charge >= 0.3 is 0 Å². The molecule has 2 unspecified atom stereocenters. The summed E-state index contributed by atoms with van der Waals surface area (Å²) in [6, 6.07) is 16.4. The first kappa shape index (κ1) is 14.3. The van der Waals surface area contributed by atoms with E-state index in [1.54, 1.807) is 12.1 Å². The lowest BCUT2D eigenvalue weighted by Crippen LogP contribution is -2.37. The summed E-state index contributed by atoms with van der Waals surface area (Å²) < 4.78 is 13.4. The Morgan fingerprint density at radius 2 is 1.95 bits per heavy atom. The van der Waals surface area contributed by atoms with Crippen molar-refractivity contribution < 1.29 is 4.39 Å². The quantitative estimate of drug-likeness (QED) is 0.875. The standard InChI is InChI=1S/C19H22FN/c1-2-19(16-8-5-9-17(20)12-16)21-18-11-10-14-6-3-4-7-15(14)13-18/h3-9,12,18-19,21H,2,10-11,13H2,1H3. The lowest BCUT2D eigenvalue weighted by Gasteiger charge is -2.29. The molecule has 1 N–H and O–H groups in total. The Hall–Kier alpha value is -1.67. The summed E-state index contributed by atoms with van der Waals surface area (Å²) in [6.07, 6.45) is 4.33. The third kappa shape index (κ3) is 3.33. The minimum atomic E-state index is -0.151. The van der Waals surface area contributed by atoms with Gasteiger partial charge in [0.15, 0.2) is 0 Å². The van der Waals surface area contributed by atoms with Crippen molar-refractivity contribution in [3.8, 4) is 0 Å². The summed E-state index contributed by atoms with van der Waals surface area (Å²) in [5.74, 6) is -0.151. The van der Waals surface area contributed by atoms with Gasteiger partial charge in [-0.2, -0.15) is 0 Å². The molecule has 1 nitrogen and oxygen atoms in total. The molecule has 3 rings (SSSR count). The zero-order chi connectivity index (χ0) is 14.7. The topological polar surface area (TPSA) is 12.0 Å². The molecule has 110 valence electrons. The summed E-state index contributed by atoms with van der Waals surface area (Å²) in [5.41, 5.74) is 3.99. The van der Waals surface area contributed by atoms with Crippen molar-refractivity contribution in [2.45, 2.75) is 44.7 Å². The van der Waals surface area contributed by atoms with E-state index in [1.807, 2.05) is 6.07 Å². The Kier molecular flexibility index (Phi) is 4.35. The van der Waals surface area contributed by atoms with Crippen LogP contribution in [0.4, 0.5) is 4.39 Å². The molecule has 0 amide bonds. The van der Waals surface area contributed by atoms with E-state index in [9.17, 15) is 4.39 Å². The zero-order valence-electron chi connectivity index (χ0n) is 12.5. The van der Waals surface area contributed by atoms with Gasteiger partial charge in [-0.25, -0.2) is 4.39 Å². The Morgan fingerprint density at radius 3 is 2.71 bits per heavy atom. The molecule has 2 aromatic rings. The van der Waals surface area contributed by atoms with Gasteiger partial charge in [-0.05, 0) is 54.5 Å². The normalized spacial score (nSPS) is 19.0. The summed E-state index contributed by atoms with van der Waals surface area (Å²) in [4.78, 5) is 0. The van der Waals surface area contributed by atoms with Gasteiger partial charge < -0.3 is 5.32 Å². The van der Waals surface area contributed by atoms with E-state index in [2.05, 4.69) is 36.5 Å². The number of nitrogens with one attached hydrogen (secondary N) is 1. The summed E-state index contributed by atoms with van der Waals surface area (Å²) in [7, 11) is 0. The molecule has 2 atom stereocenters. The molecule has 0 heterocycles. The van der Waals surface area contributed by atoms with Crippen molar-refractivity contribution in [3.05, 3.63) is 71.0 Å². The molecule has 0 bridgehead atoms. The van der Waals surface area contributed by atoms with Crippen LogP contribution in [0, 0.1) is 5.82 Å². The predicted octanol–water partition coefficient (Wildman–Crippen LogP) is 4.42. The van der Waals surface area contributed by atoms with Crippen molar-refractivity contribution in [1.29, 1.82) is 0 Å². The molecule has 0 fully saturated rings. The Balaban J connectivity index is 1.71. The molecule has 21 heavy (non-hydrogen) atoms. The van der Waals surface area contributed by atoms with E-state index in [0.29, 0.717) is 6.04 Å². The smallest absolute Gasteiger partial charge is 0.123 e. The van der Waals surface area contributed by atoms with E-state index < -0.39 is 0 Å². The van der Waals surface area contributed by atoms with Crippen LogP contribution in [0.3, 0.4) is 0 Å². The zero-order valence-corrected chi connectivity index (χ0v) is 12.5. The fourth-order valence-electron chi connectivity index (χ4n) is 3.30. The highest BCUT2D eigenvalue weighted by Crippen LogP contribution is 2.25. The molecule has 0 aliphatic heterocycles. The Bertz CT molecular complexity index is 608. The third-order valence-corrected chi connectivity index (χ3v) is 4.44. The van der Waals surface area contributed by atoms with Crippen LogP contribution in [0.25, 0.3) is 0 Å². The van der Waals surface area contributed by atoms with Gasteiger partial charge in [0, 0.05) is 12.1 Å². The third-order valence-electron chi connectivity index (χ3n) is 4.44. The number of hydrogen-bond donors (Lipinski definition) is 1. The van der Waals surface area contributed by atoms with Gasteiger partial charge in [0.05, 0.1) is 0 Å². The van der Waals surface area contributed by atoms with Crippen LogP contribution in [0.2, 0.25) is 0 Å². The first-order valence-electron chi connectivity index (χ1n) is 7.84. The number of halogens is 1. The molecule has 2 heteroatoms. The molecular weight excluding hydrogens is 261 g/mol. The molecule has 0 aromatic heterocycles. The van der Waals surface area contributed by atoms with Gasteiger partial charge in [0.25, 0.3) is 0 Å². The summed E-state index contributed by atoms with van der Waals surface area (Å²) in [5, 5.41) is 3.72. The van der Waals surface area contributed by atoms with E-state index in [1.165, 1.54) is 17.2 Å². The number of benzene rings is 2. The molecule has 1 aliphatic rings. The molecule has 0 spiro atoms. The van der Waals surface area contributed by atoms with E-state index in [0.717, 1.165) is 31.2 Å². The highest BCUT2D eigenvalue weighted by molar-refractivity contribution is 5.30. The number of fused-ring (bicyclic) bond motifs is 1. The lowest BCUT2D eigenvalue weighted by molar-refractivity contribution is 0.391. The molecular formula is C19H22FN. The molecule has 0 saturated heterocycles. The first-order valence-corrected chi connectivity index (χ1v) is 7.84. The molecule has 0 saturated carbocycles. The largest absolute Gasteiger partial charge is 0.307 e. The van der Waals surface area contributed by atoms with Gasteiger partial charge in [-0.15, -0.1) is 0 Å². The van der Waals surface area contributed by atoms with Gasteiger partial charge in [-0.3, -0.25) is 0 Å². The highest BCUT2D eigenvalue weighted by atomic mass is 19.1. The van der Waals surface area contributed by atoms with E-state index in [4.69, 9.17) is 0 Å². The van der Waals surface area contributed by atoms with Crippen LogP contribution in [0.15, 0.2) is 48.5 Å². The second kappa shape index (κ2) is 6.40. The maximum Gasteiger partial charge on any atom is 0.123 e. The Morgan fingerprint density at radius 1 is 1.14 bits per heavy atom. The van der Waals surface area contributed by atoms with E-state index >= 15 is 0 Å². The van der Waals surface area contributed by atoms with Gasteiger partial charge in [-0.1, -0.05) is 43.3 Å². The van der Waals surface area contributed by atoms with Crippen molar-refractivity contribution in [3.63, 3.8) is 0 Å². The second-order valence-corrected chi connectivity index (χ2v) is 5.89. The summed E-state index contributed by atoms with van der Waals surface area (Å²) >= 11 is 0. The molecule has 0 radical (unpaired) electrons. The number of hydrogen-bond acceptors (Lipinski definition) is 1. The molecule has 1 aliphatic carbocycles. The van der Waals surface area contributed by atoms with Gasteiger partial charge in [0.2, 0.25) is 0 Å². The average Bonchev–Trinajstić information content (AvgIpc) is 2.52. The maximum atomic E-state index is 13.4. The van der Waals surface area contributed by atoms with Crippen LogP contribution in [0.1, 0.15) is 42.5 Å².